The fourth-order valence-corrected chi connectivity index (χ4v) is 2.40. The molecule has 2 rings (SSSR count). The Morgan fingerprint density at radius 3 is 2.53 bits per heavy atom. The minimum atomic E-state index is -0.0569. The highest BCUT2D eigenvalue weighted by Crippen LogP contribution is 2.31. The molecule has 0 aromatic heterocycles. The van der Waals surface area contributed by atoms with Crippen molar-refractivity contribution in [3.05, 3.63) is 57.6 Å². The van der Waals surface area contributed by atoms with Gasteiger partial charge in [-0.1, -0.05) is 40.9 Å². The van der Waals surface area contributed by atoms with E-state index in [1.54, 1.807) is 18.2 Å². The van der Waals surface area contributed by atoms with E-state index >= 15 is 0 Å². The topological polar surface area (TPSA) is 32.3 Å². The highest BCUT2D eigenvalue weighted by atomic mass is 35.5. The lowest BCUT2D eigenvalue weighted by Crippen LogP contribution is -2.07. The van der Waals surface area contributed by atoms with E-state index in [0.717, 1.165) is 16.8 Å². The minimum absolute atomic E-state index is 0.0569. The molecule has 0 saturated heterocycles. The molecule has 0 aliphatic rings. The van der Waals surface area contributed by atoms with Crippen molar-refractivity contribution in [1.82, 2.24) is 0 Å². The molecule has 2 aromatic rings. The van der Waals surface area contributed by atoms with Crippen LogP contribution < -0.4 is 5.32 Å². The van der Waals surface area contributed by atoms with Crippen molar-refractivity contribution in [2.24, 2.45) is 0 Å². The zero-order valence-corrected chi connectivity index (χ0v) is 12.3. The Labute approximate surface area is 123 Å². The number of nitrogens with one attached hydrogen (secondary N) is 1. The van der Waals surface area contributed by atoms with Crippen molar-refractivity contribution in [2.75, 3.05) is 5.32 Å². The summed E-state index contributed by atoms with van der Waals surface area (Å²) in [6.07, 6.45) is 0. The number of halogens is 2. The third-order valence-corrected chi connectivity index (χ3v) is 3.50. The molecular weight excluding hydrogens is 281 g/mol. The molecule has 0 bridgehead atoms. The second-order valence-corrected chi connectivity index (χ2v) is 5.40. The number of aryl methyl sites for hydroxylation is 1. The third kappa shape index (κ3) is 3.34. The lowest BCUT2D eigenvalue weighted by molar-refractivity contribution is 0.465. The van der Waals surface area contributed by atoms with Crippen LogP contribution in [0.2, 0.25) is 10.0 Å². The predicted octanol–water partition coefficient (Wildman–Crippen LogP) is 5.18. The van der Waals surface area contributed by atoms with Crippen LogP contribution in [0.1, 0.15) is 24.1 Å². The van der Waals surface area contributed by atoms with Crippen LogP contribution >= 0.6 is 23.2 Å². The monoisotopic (exact) mass is 295 g/mol. The quantitative estimate of drug-likeness (QED) is 0.818. The van der Waals surface area contributed by atoms with Gasteiger partial charge in [0.25, 0.3) is 0 Å². The van der Waals surface area contributed by atoms with Gasteiger partial charge in [-0.3, -0.25) is 0 Å². The van der Waals surface area contributed by atoms with Crippen molar-refractivity contribution in [3.8, 4) is 5.75 Å². The Balaban J connectivity index is 2.25. The van der Waals surface area contributed by atoms with E-state index in [1.165, 1.54) is 0 Å². The molecule has 0 radical (unpaired) electrons. The molecule has 0 amide bonds. The highest BCUT2D eigenvalue weighted by molar-refractivity contribution is 6.36. The highest BCUT2D eigenvalue weighted by Gasteiger charge is 2.12. The SMILES string of the molecule is Cc1ccc(O)c(C(C)Nc2ccc(Cl)cc2Cl)c1. The van der Waals surface area contributed by atoms with E-state index in [2.05, 4.69) is 5.32 Å². The zero-order valence-electron chi connectivity index (χ0n) is 10.7. The summed E-state index contributed by atoms with van der Waals surface area (Å²) in [6.45, 7) is 3.96. The molecule has 4 heteroatoms. The number of benzene rings is 2. The molecule has 0 fully saturated rings. The smallest absolute Gasteiger partial charge is 0.120 e. The van der Waals surface area contributed by atoms with Crippen molar-refractivity contribution in [3.63, 3.8) is 0 Å². The van der Waals surface area contributed by atoms with Crippen LogP contribution in [0.4, 0.5) is 5.69 Å². The van der Waals surface area contributed by atoms with Crippen LogP contribution in [0.3, 0.4) is 0 Å². The predicted molar refractivity (Wildman–Crippen MR) is 81.3 cm³/mol. The van der Waals surface area contributed by atoms with Crippen LogP contribution in [0.5, 0.6) is 5.75 Å². The normalized spacial score (nSPS) is 12.2. The number of aromatic hydroxyl groups is 1. The number of rotatable bonds is 3. The molecule has 0 spiro atoms. The molecule has 2 nitrogen and oxygen atoms in total. The average Bonchev–Trinajstić information content (AvgIpc) is 2.35. The summed E-state index contributed by atoms with van der Waals surface area (Å²) in [5.74, 6) is 0.274. The van der Waals surface area contributed by atoms with Gasteiger partial charge in [0, 0.05) is 10.6 Å². The van der Waals surface area contributed by atoms with Gasteiger partial charge in [0.2, 0.25) is 0 Å². The van der Waals surface area contributed by atoms with E-state index in [0.29, 0.717) is 10.0 Å². The summed E-state index contributed by atoms with van der Waals surface area (Å²) in [6, 6.07) is 10.8. The average molecular weight is 296 g/mol. The van der Waals surface area contributed by atoms with Crippen LogP contribution in [0.15, 0.2) is 36.4 Å². The molecule has 100 valence electrons. The molecule has 1 atom stereocenters. The molecule has 1 unspecified atom stereocenters. The second kappa shape index (κ2) is 5.72. The standard InChI is InChI=1S/C15H15Cl2NO/c1-9-3-6-15(19)12(7-9)10(2)18-14-5-4-11(16)8-13(14)17/h3-8,10,18-19H,1-2H3. The van der Waals surface area contributed by atoms with Crippen molar-refractivity contribution in [2.45, 2.75) is 19.9 Å². The lowest BCUT2D eigenvalue weighted by atomic mass is 10.0. The molecule has 2 aromatic carbocycles. The van der Waals surface area contributed by atoms with Crippen LogP contribution in [0.25, 0.3) is 0 Å². The van der Waals surface area contributed by atoms with Crippen LogP contribution in [0, 0.1) is 6.92 Å². The number of phenolic OH excluding ortho intramolecular Hbond substituents is 1. The van der Waals surface area contributed by atoms with Crippen molar-refractivity contribution in [1.29, 1.82) is 0 Å². The first-order chi connectivity index (χ1) is 8.97. The Morgan fingerprint density at radius 2 is 1.84 bits per heavy atom. The van der Waals surface area contributed by atoms with E-state index in [-0.39, 0.29) is 11.8 Å². The summed E-state index contributed by atoms with van der Waals surface area (Å²) < 4.78 is 0. The van der Waals surface area contributed by atoms with Gasteiger partial charge >= 0.3 is 0 Å². The summed E-state index contributed by atoms with van der Waals surface area (Å²) in [5, 5.41) is 14.3. The number of hydrogen-bond acceptors (Lipinski definition) is 2. The Kier molecular flexibility index (Phi) is 4.23. The van der Waals surface area contributed by atoms with Crippen LogP contribution in [-0.4, -0.2) is 5.11 Å². The van der Waals surface area contributed by atoms with Gasteiger partial charge in [0.05, 0.1) is 16.8 Å². The summed E-state index contributed by atoms with van der Waals surface area (Å²) >= 11 is 12.0. The fraction of sp³-hybridized carbons (Fsp3) is 0.200. The van der Waals surface area contributed by atoms with Gasteiger partial charge in [-0.15, -0.1) is 0 Å². The molecule has 0 saturated carbocycles. The van der Waals surface area contributed by atoms with E-state index in [4.69, 9.17) is 23.2 Å². The van der Waals surface area contributed by atoms with E-state index in [1.807, 2.05) is 32.0 Å². The maximum atomic E-state index is 9.90. The summed E-state index contributed by atoms with van der Waals surface area (Å²) in [4.78, 5) is 0. The molecular formula is C15H15Cl2NO. The van der Waals surface area contributed by atoms with E-state index in [9.17, 15) is 5.11 Å². The van der Waals surface area contributed by atoms with Gasteiger partial charge in [-0.25, -0.2) is 0 Å². The van der Waals surface area contributed by atoms with Gasteiger partial charge < -0.3 is 10.4 Å². The summed E-state index contributed by atoms with van der Waals surface area (Å²) in [7, 11) is 0. The second-order valence-electron chi connectivity index (χ2n) is 4.55. The first-order valence-electron chi connectivity index (χ1n) is 5.98. The Bertz CT molecular complexity index is 599. The van der Waals surface area contributed by atoms with Crippen LogP contribution in [-0.2, 0) is 0 Å². The maximum Gasteiger partial charge on any atom is 0.120 e. The Hall–Kier alpha value is -1.38. The largest absolute Gasteiger partial charge is 0.508 e. The first-order valence-corrected chi connectivity index (χ1v) is 6.74. The first kappa shape index (κ1) is 14.0. The number of phenols is 1. The number of anilines is 1. The fourth-order valence-electron chi connectivity index (χ4n) is 1.94. The van der Waals surface area contributed by atoms with Gasteiger partial charge in [-0.05, 0) is 38.1 Å². The molecule has 0 heterocycles. The molecule has 0 aliphatic carbocycles. The maximum absolute atomic E-state index is 9.90. The van der Waals surface area contributed by atoms with Gasteiger partial charge in [0.1, 0.15) is 5.75 Å². The Morgan fingerprint density at radius 1 is 1.11 bits per heavy atom. The summed E-state index contributed by atoms with van der Waals surface area (Å²) in [5.41, 5.74) is 2.73. The number of hydrogen-bond donors (Lipinski definition) is 2. The molecule has 0 aliphatic heterocycles. The van der Waals surface area contributed by atoms with Crippen molar-refractivity contribution < 1.29 is 5.11 Å². The lowest BCUT2D eigenvalue weighted by Gasteiger charge is -2.18. The van der Waals surface area contributed by atoms with Gasteiger partial charge in [0.15, 0.2) is 0 Å². The minimum Gasteiger partial charge on any atom is -0.508 e. The van der Waals surface area contributed by atoms with Crippen molar-refractivity contribution >= 4 is 28.9 Å². The van der Waals surface area contributed by atoms with Gasteiger partial charge in [-0.2, -0.15) is 0 Å². The van der Waals surface area contributed by atoms with E-state index < -0.39 is 0 Å². The molecule has 19 heavy (non-hydrogen) atoms. The third-order valence-electron chi connectivity index (χ3n) is 2.95. The zero-order chi connectivity index (χ0) is 14.0. The molecule has 2 N–H and O–H groups in total.